The van der Waals surface area contributed by atoms with E-state index in [2.05, 4.69) is 149 Å². The summed E-state index contributed by atoms with van der Waals surface area (Å²) in [5.41, 5.74) is 11.4. The first kappa shape index (κ1) is 95.2. The molecule has 23 heteroatoms. The first-order valence-corrected chi connectivity index (χ1v) is 51.4. The van der Waals surface area contributed by atoms with Gasteiger partial charge >= 0.3 is 0 Å². The molecule has 13 aromatic rings. The van der Waals surface area contributed by atoms with Crippen molar-refractivity contribution in [3.05, 3.63) is 246 Å². The molecule has 5 aliphatic heterocycles. The number of piperidine rings is 3. The minimum Gasteiger partial charge on any atom is -0.496 e. The quantitative estimate of drug-likeness (QED) is 0.0328. The number of methoxy groups -OCH3 is 5. The third-order valence-electron chi connectivity index (χ3n) is 30.6. The van der Waals surface area contributed by atoms with Crippen molar-refractivity contribution in [3.8, 4) is 45.9 Å². The summed E-state index contributed by atoms with van der Waals surface area (Å²) in [4.78, 5) is 73.3. The molecule has 0 N–H and O–H groups in total. The molecule has 7 aromatic carbocycles. The van der Waals surface area contributed by atoms with Crippen molar-refractivity contribution < 1.29 is 52.1 Å². The summed E-state index contributed by atoms with van der Waals surface area (Å²) < 4.78 is 48.7. The molecule has 138 heavy (non-hydrogen) atoms. The minimum absolute atomic E-state index is 0.204. The van der Waals surface area contributed by atoms with E-state index in [1.165, 1.54) is 62.5 Å². The van der Waals surface area contributed by atoms with Gasteiger partial charge in [0.2, 0.25) is 11.7 Å². The Morgan fingerprint density at radius 2 is 0.754 bits per heavy atom. The van der Waals surface area contributed by atoms with Crippen molar-refractivity contribution in [1.82, 2.24) is 57.9 Å². The summed E-state index contributed by atoms with van der Waals surface area (Å²) in [6.07, 6.45) is 36.6. The fraction of sp³-hybridized carbons (Fsp3) is 0.470. The van der Waals surface area contributed by atoms with Gasteiger partial charge < -0.3 is 65.9 Å². The number of para-hydroxylation sites is 6. The first-order valence-electron chi connectivity index (χ1n) is 51.4. The fourth-order valence-electron chi connectivity index (χ4n) is 22.5. The summed E-state index contributed by atoms with van der Waals surface area (Å²) in [7, 11) is 8.60. The zero-order valence-electron chi connectivity index (χ0n) is 81.5. The van der Waals surface area contributed by atoms with Gasteiger partial charge in [-0.3, -0.25) is 34.0 Å². The number of ketones is 4. The van der Waals surface area contributed by atoms with Gasteiger partial charge in [0.15, 0.2) is 23.1 Å². The van der Waals surface area contributed by atoms with E-state index in [1.54, 1.807) is 47.9 Å². The van der Waals surface area contributed by atoms with Crippen LogP contribution < -0.4 is 28.4 Å². The highest BCUT2D eigenvalue weighted by molar-refractivity contribution is 6.14. The maximum atomic E-state index is 13.0. The summed E-state index contributed by atoms with van der Waals surface area (Å²) >= 11 is 0. The van der Waals surface area contributed by atoms with Crippen LogP contribution in [0.15, 0.2) is 212 Å². The lowest BCUT2D eigenvalue weighted by atomic mass is 9.86. The highest BCUT2D eigenvalue weighted by Gasteiger charge is 2.42. The van der Waals surface area contributed by atoms with Gasteiger partial charge in [-0.15, -0.1) is 0 Å². The number of likely N-dealkylation sites (tertiary alicyclic amines) is 2. The van der Waals surface area contributed by atoms with Gasteiger partial charge in [0.25, 0.3) is 0 Å². The lowest BCUT2D eigenvalue weighted by molar-refractivity contribution is 0.0960. The van der Waals surface area contributed by atoms with Crippen molar-refractivity contribution in [1.29, 1.82) is 0 Å². The molecule has 9 aliphatic rings. The van der Waals surface area contributed by atoms with E-state index in [1.807, 2.05) is 103 Å². The number of carbonyl (C=O) groups is 4. The Morgan fingerprint density at radius 1 is 0.370 bits per heavy atom. The van der Waals surface area contributed by atoms with E-state index < -0.39 is 0 Å². The number of ether oxygens (including phenoxy) is 6. The first-order chi connectivity index (χ1) is 67.8. The van der Waals surface area contributed by atoms with Crippen molar-refractivity contribution in [2.24, 2.45) is 29.6 Å². The normalized spacial score (nSPS) is 19.0. The number of fused-ring (bicyclic) bond motifs is 6. The molecule has 0 spiro atoms. The molecule has 724 valence electrons. The van der Waals surface area contributed by atoms with Crippen molar-refractivity contribution >= 4 is 66.7 Å². The Balaban J connectivity index is 0.000000118. The number of benzene rings is 7. The number of aromatic nitrogens is 7. The Hall–Kier alpha value is -11.7. The lowest BCUT2D eigenvalue weighted by Gasteiger charge is -2.39. The van der Waals surface area contributed by atoms with E-state index in [0.717, 1.165) is 338 Å². The molecule has 0 amide bonds. The van der Waals surface area contributed by atoms with E-state index in [4.69, 9.17) is 32.9 Å². The molecule has 2 unspecified atom stereocenters. The molecule has 9 fully saturated rings. The Bertz CT molecular complexity index is 6250. The zero-order valence-corrected chi connectivity index (χ0v) is 81.5. The molecule has 23 nitrogen and oxygen atoms in total. The van der Waals surface area contributed by atoms with E-state index in [9.17, 15) is 19.2 Å². The number of piperazine rings is 1. The molecule has 6 aromatic heterocycles. The molecule has 4 saturated carbocycles. The van der Waals surface area contributed by atoms with Crippen LogP contribution in [-0.4, -0.2) is 220 Å². The maximum Gasteiger partial charge on any atom is 0.230 e. The molecular formula is C115H138N12O11. The summed E-state index contributed by atoms with van der Waals surface area (Å²) in [5, 5.41) is 8.28. The number of Topliss-reactive ketones (excluding diaryl/α,β-unsaturated/α-hetero) is 4. The zero-order chi connectivity index (χ0) is 94.4. The number of hydrogen-bond acceptors (Lipinski definition) is 19. The number of hydrogen-bond donors (Lipinski definition) is 0. The van der Waals surface area contributed by atoms with Crippen LogP contribution in [0.2, 0.25) is 0 Å². The van der Waals surface area contributed by atoms with Crippen LogP contribution in [0, 0.1) is 29.6 Å². The number of carbonyl (C=O) groups excluding carboxylic acids is 4. The van der Waals surface area contributed by atoms with Crippen LogP contribution in [0.5, 0.6) is 34.5 Å². The third kappa shape index (κ3) is 22.7. The third-order valence-corrected chi connectivity index (χ3v) is 30.6. The number of rotatable bonds is 39. The molecule has 2 atom stereocenters. The second-order valence-corrected chi connectivity index (χ2v) is 39.8. The number of nitrogens with zero attached hydrogens (tertiary/aromatic N) is 12. The maximum absolute atomic E-state index is 13.0. The van der Waals surface area contributed by atoms with Crippen LogP contribution in [0.25, 0.3) is 55.0 Å². The SMILES string of the molecule is COc1cccc2c(C(=O)C3CC3)cn(CCCN3C4CCC3CC(CCc3ccccc3)C4)c12.COc1cccc2c(C(=O)C3CC3)cn(CCCN3CCC(c4nc(-c5cccnc5)no4)CC3)c12.COc1cccc2c(C(=O)C3CC3)cn(CCCN3CCN(CCOc4ccccc4)CC3)c12.COc1ccccc1C1CCN(CCCn2cc(C(=O)C3CC3)c3cccc(OC)c32)CC1. The predicted molar refractivity (Wildman–Crippen MR) is 544 cm³/mol. The molecule has 11 heterocycles. The fourth-order valence-corrected chi connectivity index (χ4v) is 22.5. The highest BCUT2D eigenvalue weighted by atomic mass is 16.5. The van der Waals surface area contributed by atoms with Crippen LogP contribution in [0.1, 0.15) is 205 Å². The Morgan fingerprint density at radius 3 is 1.17 bits per heavy atom. The highest BCUT2D eigenvalue weighted by Crippen LogP contribution is 2.46. The van der Waals surface area contributed by atoms with Crippen molar-refractivity contribution in [2.75, 3.05) is 127 Å². The molecular weight excluding hydrogens is 1730 g/mol. The van der Waals surface area contributed by atoms with Gasteiger partial charge in [0.05, 0.1) is 57.6 Å². The van der Waals surface area contributed by atoms with Crippen LogP contribution in [0.3, 0.4) is 0 Å². The number of pyridine rings is 1. The van der Waals surface area contributed by atoms with Gasteiger partial charge in [0, 0.05) is 194 Å². The molecule has 2 bridgehead atoms. The molecule has 5 saturated heterocycles. The van der Waals surface area contributed by atoms with Gasteiger partial charge in [-0.1, -0.05) is 120 Å². The molecule has 0 radical (unpaired) electrons. The Labute approximate surface area is 812 Å². The summed E-state index contributed by atoms with van der Waals surface area (Å²) in [6, 6.07) is 59.0. The lowest BCUT2D eigenvalue weighted by Crippen LogP contribution is -2.47. The van der Waals surface area contributed by atoms with Crippen LogP contribution in [0.4, 0.5) is 0 Å². The predicted octanol–water partition coefficient (Wildman–Crippen LogP) is 21.3. The molecule has 22 rings (SSSR count). The van der Waals surface area contributed by atoms with Gasteiger partial charge in [0.1, 0.15) is 41.1 Å². The largest absolute Gasteiger partial charge is 0.496 e. The summed E-state index contributed by atoms with van der Waals surface area (Å²) in [5.74, 6) is 10.5. The van der Waals surface area contributed by atoms with Crippen LogP contribution in [-0.2, 0) is 32.6 Å². The second kappa shape index (κ2) is 45.0. The number of aryl methyl sites for hydroxylation is 5. The van der Waals surface area contributed by atoms with Gasteiger partial charge in [-0.2, -0.15) is 4.98 Å². The van der Waals surface area contributed by atoms with E-state index in [-0.39, 0.29) is 29.5 Å². The Kier molecular flexibility index (Phi) is 31.1. The smallest absolute Gasteiger partial charge is 0.230 e. The van der Waals surface area contributed by atoms with E-state index in [0.29, 0.717) is 35.0 Å². The van der Waals surface area contributed by atoms with E-state index >= 15 is 0 Å². The van der Waals surface area contributed by atoms with Crippen molar-refractivity contribution in [2.45, 2.75) is 191 Å². The van der Waals surface area contributed by atoms with Crippen LogP contribution >= 0.6 is 0 Å². The van der Waals surface area contributed by atoms with Gasteiger partial charge in [-0.05, 0) is 265 Å². The minimum atomic E-state index is 0.204. The molecule has 4 aliphatic carbocycles. The standard InChI is InChI=1S/C31H38N2O2.C28H31N5O3.C28H35N3O3.C28H34N2O3/c1-35-29-10-5-9-27-28(31(34)24-13-14-24)21-32(30(27)29)17-6-18-33-25-15-16-26(33)20-23(19-25)12-11-22-7-3-2-4-8-22;1-35-24-7-2-6-22-23(26(34)19-8-9-19)18-33(25(22)24)14-4-13-32-15-10-20(11-16-32)28-30-27(31-36-28)21-5-3-12-29-17-21;1-33-26-10-5-9-24-25(28(32)22-11-12-22)21-31(27(24)26)14-6-13-29-15-17-30(18-16-29)19-20-34-23-7-3-2-4-8-23;1-32-25-9-4-3-7-22(25)20-13-17-29(18-14-20)15-6-16-30-19-24(28(31)21-11-12-21)23-8-5-10-26(33-2)27(23)30/h2-5,7-10,21,23-26H,6,11-20H2,1H3;2-3,5-7,12,17-20H,4,8-11,13-16H2,1H3;2-5,7-10,21-22H,6,11-20H2,1H3;3-5,7-10,19-21H,6,11-18H2,1-2H3. The topological polar surface area (TPSA) is 211 Å². The van der Waals surface area contributed by atoms with Crippen molar-refractivity contribution in [3.63, 3.8) is 0 Å². The average molecular weight is 1860 g/mol. The second-order valence-electron chi connectivity index (χ2n) is 39.8. The average Bonchev–Trinajstić information content (AvgIpc) is 1.62. The summed E-state index contributed by atoms with van der Waals surface area (Å²) in [6.45, 7) is 18.2. The monoisotopic (exact) mass is 1860 g/mol. The van der Waals surface area contributed by atoms with Gasteiger partial charge in [-0.25, -0.2) is 0 Å².